The fourth-order valence-electron chi connectivity index (χ4n) is 1.97. The molecule has 2 aliphatic heterocycles. The first kappa shape index (κ1) is 7.11. The van der Waals surface area contributed by atoms with Crippen LogP contribution in [0.4, 0.5) is 0 Å². The SMILES string of the molecule is C=C1CCC2C=CCCN2C1. The molecular formula is C10H15N. The molecule has 0 aliphatic carbocycles. The molecule has 2 heterocycles. The van der Waals surface area contributed by atoms with Crippen LogP contribution in [-0.2, 0) is 0 Å². The number of hydrogen-bond acceptors (Lipinski definition) is 1. The summed E-state index contributed by atoms with van der Waals surface area (Å²) in [5.41, 5.74) is 1.41. The number of rotatable bonds is 0. The third-order valence-electron chi connectivity index (χ3n) is 2.63. The van der Waals surface area contributed by atoms with Crippen LogP contribution >= 0.6 is 0 Å². The second-order valence-corrected chi connectivity index (χ2v) is 3.54. The molecule has 0 radical (unpaired) electrons. The van der Waals surface area contributed by atoms with E-state index in [0.717, 1.165) is 12.6 Å². The summed E-state index contributed by atoms with van der Waals surface area (Å²) < 4.78 is 0. The third kappa shape index (κ3) is 1.38. The van der Waals surface area contributed by atoms with Crippen LogP contribution in [0.1, 0.15) is 19.3 Å². The zero-order valence-electron chi connectivity index (χ0n) is 6.92. The summed E-state index contributed by atoms with van der Waals surface area (Å²) in [5, 5.41) is 0. The highest BCUT2D eigenvalue weighted by molar-refractivity contribution is 5.10. The Morgan fingerprint density at radius 3 is 3.36 bits per heavy atom. The van der Waals surface area contributed by atoms with Gasteiger partial charge in [-0.3, -0.25) is 4.90 Å². The van der Waals surface area contributed by atoms with Gasteiger partial charge in [-0.2, -0.15) is 0 Å². The fraction of sp³-hybridized carbons (Fsp3) is 0.600. The molecule has 0 amide bonds. The van der Waals surface area contributed by atoms with E-state index < -0.39 is 0 Å². The lowest BCUT2D eigenvalue weighted by Crippen LogP contribution is -2.41. The van der Waals surface area contributed by atoms with Gasteiger partial charge in [0.1, 0.15) is 0 Å². The highest BCUT2D eigenvalue weighted by Gasteiger charge is 2.22. The van der Waals surface area contributed by atoms with E-state index in [1.807, 2.05) is 0 Å². The smallest absolute Gasteiger partial charge is 0.0284 e. The average Bonchev–Trinajstić information content (AvgIpc) is 2.04. The van der Waals surface area contributed by atoms with Crippen LogP contribution in [0, 0.1) is 0 Å². The lowest BCUT2D eigenvalue weighted by molar-refractivity contribution is 0.207. The minimum absolute atomic E-state index is 0.731. The van der Waals surface area contributed by atoms with E-state index in [9.17, 15) is 0 Å². The first-order valence-corrected chi connectivity index (χ1v) is 4.43. The first-order chi connectivity index (χ1) is 5.36. The lowest BCUT2D eigenvalue weighted by Gasteiger charge is -2.37. The zero-order valence-corrected chi connectivity index (χ0v) is 6.92. The molecule has 1 saturated heterocycles. The molecule has 11 heavy (non-hydrogen) atoms. The molecule has 0 saturated carbocycles. The molecule has 1 fully saturated rings. The minimum atomic E-state index is 0.731. The molecule has 0 bridgehead atoms. The first-order valence-electron chi connectivity index (χ1n) is 4.43. The van der Waals surface area contributed by atoms with Crippen molar-refractivity contribution in [1.82, 2.24) is 4.90 Å². The van der Waals surface area contributed by atoms with E-state index in [-0.39, 0.29) is 0 Å². The van der Waals surface area contributed by atoms with Crippen LogP contribution in [0.5, 0.6) is 0 Å². The van der Waals surface area contributed by atoms with Crippen molar-refractivity contribution in [3.05, 3.63) is 24.3 Å². The number of piperidine rings is 1. The van der Waals surface area contributed by atoms with E-state index in [4.69, 9.17) is 0 Å². The van der Waals surface area contributed by atoms with Gasteiger partial charge in [-0.1, -0.05) is 24.3 Å². The highest BCUT2D eigenvalue weighted by atomic mass is 15.2. The highest BCUT2D eigenvalue weighted by Crippen LogP contribution is 2.23. The molecule has 1 heteroatoms. The summed E-state index contributed by atoms with van der Waals surface area (Å²) in [6.07, 6.45) is 8.41. The summed E-state index contributed by atoms with van der Waals surface area (Å²) in [5.74, 6) is 0. The monoisotopic (exact) mass is 149 g/mol. The molecule has 60 valence electrons. The number of hydrogen-bond donors (Lipinski definition) is 0. The second kappa shape index (κ2) is 2.82. The van der Waals surface area contributed by atoms with Gasteiger partial charge in [0.25, 0.3) is 0 Å². The molecular weight excluding hydrogens is 134 g/mol. The Balaban J connectivity index is 2.07. The Bertz CT molecular complexity index is 193. The molecule has 0 aromatic heterocycles. The maximum Gasteiger partial charge on any atom is 0.0284 e. The van der Waals surface area contributed by atoms with Crippen molar-refractivity contribution in [3.8, 4) is 0 Å². The van der Waals surface area contributed by atoms with Gasteiger partial charge in [0.05, 0.1) is 0 Å². The summed E-state index contributed by atoms with van der Waals surface area (Å²) in [7, 11) is 0. The van der Waals surface area contributed by atoms with Crippen LogP contribution < -0.4 is 0 Å². The van der Waals surface area contributed by atoms with Gasteiger partial charge in [0, 0.05) is 19.1 Å². The second-order valence-electron chi connectivity index (χ2n) is 3.54. The molecule has 1 unspecified atom stereocenters. The van der Waals surface area contributed by atoms with Gasteiger partial charge in [-0.05, 0) is 19.3 Å². The van der Waals surface area contributed by atoms with Crippen molar-refractivity contribution in [2.75, 3.05) is 13.1 Å². The molecule has 0 aromatic rings. The quantitative estimate of drug-likeness (QED) is 0.476. The van der Waals surface area contributed by atoms with Gasteiger partial charge in [-0.15, -0.1) is 0 Å². The standard InChI is InChI=1S/C10H15N/c1-9-5-6-10-4-2-3-7-11(10)8-9/h2,4,10H,1,3,5-8H2. The average molecular weight is 149 g/mol. The number of nitrogens with zero attached hydrogens (tertiary/aromatic N) is 1. The van der Waals surface area contributed by atoms with Gasteiger partial charge in [0.2, 0.25) is 0 Å². The fourth-order valence-corrected chi connectivity index (χ4v) is 1.97. The number of fused-ring (bicyclic) bond motifs is 1. The molecule has 2 rings (SSSR count). The summed E-state index contributed by atoms with van der Waals surface area (Å²) in [6.45, 7) is 6.41. The summed E-state index contributed by atoms with van der Waals surface area (Å²) >= 11 is 0. The Labute approximate surface area is 68.4 Å². The van der Waals surface area contributed by atoms with Crippen LogP contribution in [0.15, 0.2) is 24.3 Å². The van der Waals surface area contributed by atoms with E-state index in [1.54, 1.807) is 0 Å². The molecule has 0 aromatic carbocycles. The lowest BCUT2D eigenvalue weighted by atomic mass is 9.96. The van der Waals surface area contributed by atoms with Crippen molar-refractivity contribution < 1.29 is 0 Å². The van der Waals surface area contributed by atoms with Crippen molar-refractivity contribution >= 4 is 0 Å². The van der Waals surface area contributed by atoms with Crippen LogP contribution in [-0.4, -0.2) is 24.0 Å². The zero-order chi connectivity index (χ0) is 7.68. The summed E-state index contributed by atoms with van der Waals surface area (Å²) in [4.78, 5) is 2.53. The predicted octanol–water partition coefficient (Wildman–Crippen LogP) is 1.97. The summed E-state index contributed by atoms with van der Waals surface area (Å²) in [6, 6.07) is 0.731. The van der Waals surface area contributed by atoms with Crippen molar-refractivity contribution in [1.29, 1.82) is 0 Å². The van der Waals surface area contributed by atoms with Crippen LogP contribution in [0.3, 0.4) is 0 Å². The maximum absolute atomic E-state index is 4.04. The predicted molar refractivity (Wildman–Crippen MR) is 47.5 cm³/mol. The Morgan fingerprint density at radius 2 is 2.45 bits per heavy atom. The third-order valence-corrected chi connectivity index (χ3v) is 2.63. The molecule has 0 spiro atoms. The minimum Gasteiger partial charge on any atom is -0.293 e. The Morgan fingerprint density at radius 1 is 1.55 bits per heavy atom. The van der Waals surface area contributed by atoms with Crippen molar-refractivity contribution in [2.24, 2.45) is 0 Å². The van der Waals surface area contributed by atoms with Crippen LogP contribution in [0.25, 0.3) is 0 Å². The van der Waals surface area contributed by atoms with Crippen LogP contribution in [0.2, 0.25) is 0 Å². The maximum atomic E-state index is 4.04. The van der Waals surface area contributed by atoms with E-state index in [2.05, 4.69) is 23.6 Å². The van der Waals surface area contributed by atoms with E-state index in [0.29, 0.717) is 0 Å². The van der Waals surface area contributed by atoms with Gasteiger partial charge < -0.3 is 0 Å². The van der Waals surface area contributed by atoms with Gasteiger partial charge >= 0.3 is 0 Å². The van der Waals surface area contributed by atoms with E-state index in [1.165, 1.54) is 31.4 Å². The van der Waals surface area contributed by atoms with Crippen molar-refractivity contribution in [3.63, 3.8) is 0 Å². The Kier molecular flexibility index (Phi) is 1.82. The van der Waals surface area contributed by atoms with E-state index >= 15 is 0 Å². The molecule has 2 aliphatic rings. The topological polar surface area (TPSA) is 3.24 Å². The van der Waals surface area contributed by atoms with Gasteiger partial charge in [-0.25, -0.2) is 0 Å². The molecule has 0 N–H and O–H groups in total. The Hall–Kier alpha value is -0.560. The molecule has 1 atom stereocenters. The van der Waals surface area contributed by atoms with Crippen molar-refractivity contribution in [2.45, 2.75) is 25.3 Å². The molecule has 1 nitrogen and oxygen atoms in total. The largest absolute Gasteiger partial charge is 0.293 e. The normalized spacial score (nSPS) is 32.0. The van der Waals surface area contributed by atoms with Gasteiger partial charge in [0.15, 0.2) is 0 Å².